The van der Waals surface area contributed by atoms with Crippen LogP contribution in [-0.4, -0.2) is 51.0 Å². The van der Waals surface area contributed by atoms with Gasteiger partial charge in [0, 0.05) is 36.8 Å². The number of amides is 2. The molecule has 0 saturated carbocycles. The Morgan fingerprint density at radius 3 is 2.68 bits per heavy atom. The van der Waals surface area contributed by atoms with Gasteiger partial charge in [0.25, 0.3) is 11.8 Å². The molecule has 2 aromatic rings. The quantitative estimate of drug-likeness (QED) is 0.783. The van der Waals surface area contributed by atoms with Gasteiger partial charge in [-0.1, -0.05) is 37.8 Å². The molecule has 0 bridgehead atoms. The van der Waals surface area contributed by atoms with Crippen LogP contribution in [-0.2, 0) is 4.79 Å². The molecule has 0 spiro atoms. The molecule has 1 aromatic heterocycles. The van der Waals surface area contributed by atoms with Crippen molar-refractivity contribution in [1.29, 1.82) is 0 Å². The van der Waals surface area contributed by atoms with Crippen molar-refractivity contribution in [2.45, 2.75) is 31.8 Å². The minimum atomic E-state index is -1.65. The summed E-state index contributed by atoms with van der Waals surface area (Å²) < 4.78 is 0. The number of aliphatic hydroxyl groups is 1. The lowest BCUT2D eigenvalue weighted by atomic mass is 10.0. The minimum Gasteiger partial charge on any atom is -0.369 e. The molecule has 1 aliphatic rings. The van der Waals surface area contributed by atoms with Gasteiger partial charge in [0.15, 0.2) is 5.82 Å². The molecule has 3 N–H and O–H groups in total. The van der Waals surface area contributed by atoms with Crippen molar-refractivity contribution in [2.75, 3.05) is 13.6 Å². The van der Waals surface area contributed by atoms with Crippen LogP contribution in [0.3, 0.4) is 0 Å². The molecule has 0 unspecified atom stereocenters. The fourth-order valence-electron chi connectivity index (χ4n) is 2.90. The van der Waals surface area contributed by atoms with E-state index < -0.39 is 17.4 Å². The van der Waals surface area contributed by atoms with Gasteiger partial charge in [0.05, 0.1) is 0 Å². The molecular formula is C21H22N4O3. The molecular weight excluding hydrogens is 356 g/mol. The van der Waals surface area contributed by atoms with Crippen molar-refractivity contribution in [1.82, 2.24) is 14.9 Å². The summed E-state index contributed by atoms with van der Waals surface area (Å²) in [5, 5.41) is 10.4. The molecule has 1 saturated heterocycles. The molecule has 1 atom stereocenters. The molecule has 0 aliphatic carbocycles. The minimum absolute atomic E-state index is 0.0995. The second-order valence-corrected chi connectivity index (χ2v) is 7.19. The normalized spacial score (nSPS) is 18.9. The van der Waals surface area contributed by atoms with E-state index in [1.807, 2.05) is 13.8 Å². The van der Waals surface area contributed by atoms with Crippen molar-refractivity contribution in [3.8, 4) is 23.2 Å². The first kappa shape index (κ1) is 19.5. The van der Waals surface area contributed by atoms with Gasteiger partial charge in [-0.2, -0.15) is 0 Å². The van der Waals surface area contributed by atoms with Gasteiger partial charge < -0.3 is 15.7 Å². The summed E-state index contributed by atoms with van der Waals surface area (Å²) in [5.41, 5.74) is 5.88. The fourth-order valence-corrected chi connectivity index (χ4v) is 2.90. The van der Waals surface area contributed by atoms with Crippen LogP contribution in [0.4, 0.5) is 0 Å². The predicted octanol–water partition coefficient (Wildman–Crippen LogP) is 1.31. The zero-order valence-corrected chi connectivity index (χ0v) is 16.1. The summed E-state index contributed by atoms with van der Waals surface area (Å²) >= 11 is 0. The highest BCUT2D eigenvalue weighted by Gasteiger charge is 2.42. The highest BCUT2D eigenvalue weighted by molar-refractivity contribution is 5.91. The Morgan fingerprint density at radius 1 is 1.32 bits per heavy atom. The van der Waals surface area contributed by atoms with Crippen molar-refractivity contribution >= 4 is 11.8 Å². The van der Waals surface area contributed by atoms with Gasteiger partial charge in [-0.25, -0.2) is 9.97 Å². The zero-order valence-electron chi connectivity index (χ0n) is 16.1. The highest BCUT2D eigenvalue weighted by atomic mass is 16.3. The number of likely N-dealkylation sites (N-methyl/N-ethyl adjacent to an activating group) is 1. The number of nitrogens with two attached hydrogens (primary N) is 1. The SMILES string of the molecule is CC(C)c1cc(C(N)=O)nc(-c2cccc(C#C[C@]3(O)CCN(C)C3=O)c2)n1. The second kappa shape index (κ2) is 7.41. The summed E-state index contributed by atoms with van der Waals surface area (Å²) in [6.45, 7) is 4.40. The summed E-state index contributed by atoms with van der Waals surface area (Å²) in [7, 11) is 1.64. The standard InChI is InChI=1S/C21H22N4O3/c1-13(2)16-12-17(18(22)26)24-19(23-16)15-6-4-5-14(11-15)7-8-21(28)9-10-25(3)20(21)27/h4-6,11-13,28H,9-10H2,1-3H3,(H2,22,26)/t21-/m0/s1. The fraction of sp³-hybridized carbons (Fsp3) is 0.333. The average molecular weight is 378 g/mol. The molecule has 1 aromatic carbocycles. The number of carbonyl (C=O) groups excluding carboxylic acids is 2. The third-order valence-electron chi connectivity index (χ3n) is 4.63. The van der Waals surface area contributed by atoms with Crippen molar-refractivity contribution in [3.63, 3.8) is 0 Å². The zero-order chi connectivity index (χ0) is 20.5. The summed E-state index contributed by atoms with van der Waals surface area (Å²) in [6.07, 6.45) is 0.274. The second-order valence-electron chi connectivity index (χ2n) is 7.19. The van der Waals surface area contributed by atoms with Crippen LogP contribution >= 0.6 is 0 Å². The van der Waals surface area contributed by atoms with E-state index in [9.17, 15) is 14.7 Å². The van der Waals surface area contributed by atoms with Crippen LogP contribution in [0.1, 0.15) is 47.9 Å². The van der Waals surface area contributed by atoms with E-state index in [1.165, 1.54) is 4.90 Å². The third-order valence-corrected chi connectivity index (χ3v) is 4.63. The van der Waals surface area contributed by atoms with Gasteiger partial charge in [-0.3, -0.25) is 9.59 Å². The van der Waals surface area contributed by atoms with E-state index in [2.05, 4.69) is 21.8 Å². The first-order valence-electron chi connectivity index (χ1n) is 9.00. The Kier molecular flexibility index (Phi) is 5.16. The average Bonchev–Trinajstić information content (AvgIpc) is 2.94. The molecule has 144 valence electrons. The lowest BCUT2D eigenvalue weighted by Crippen LogP contribution is -2.37. The van der Waals surface area contributed by atoms with E-state index in [-0.39, 0.29) is 18.0 Å². The summed E-state index contributed by atoms with van der Waals surface area (Å²) in [4.78, 5) is 33.9. The Morgan fingerprint density at radius 2 is 2.07 bits per heavy atom. The van der Waals surface area contributed by atoms with Crippen LogP contribution < -0.4 is 5.73 Å². The number of primary amides is 1. The lowest BCUT2D eigenvalue weighted by Gasteiger charge is -2.13. The Labute approximate surface area is 163 Å². The lowest BCUT2D eigenvalue weighted by molar-refractivity contribution is -0.137. The predicted molar refractivity (Wildman–Crippen MR) is 104 cm³/mol. The molecule has 7 heteroatoms. The van der Waals surface area contributed by atoms with Crippen LogP contribution in [0.5, 0.6) is 0 Å². The van der Waals surface area contributed by atoms with Gasteiger partial charge in [0.1, 0.15) is 5.69 Å². The van der Waals surface area contributed by atoms with Gasteiger partial charge in [0.2, 0.25) is 5.60 Å². The molecule has 3 rings (SSSR count). The number of carbonyl (C=O) groups is 2. The molecule has 2 amide bonds. The van der Waals surface area contributed by atoms with E-state index in [0.29, 0.717) is 29.2 Å². The number of hydrogen-bond donors (Lipinski definition) is 2. The van der Waals surface area contributed by atoms with E-state index in [0.717, 1.165) is 0 Å². The number of aromatic nitrogens is 2. The van der Waals surface area contributed by atoms with Crippen LogP contribution in [0.15, 0.2) is 30.3 Å². The maximum atomic E-state index is 12.0. The first-order chi connectivity index (χ1) is 13.2. The van der Waals surface area contributed by atoms with E-state index in [1.54, 1.807) is 37.4 Å². The Balaban J connectivity index is 1.98. The third kappa shape index (κ3) is 3.87. The molecule has 1 aliphatic heterocycles. The number of hydrogen-bond acceptors (Lipinski definition) is 5. The van der Waals surface area contributed by atoms with E-state index >= 15 is 0 Å². The molecule has 28 heavy (non-hydrogen) atoms. The maximum absolute atomic E-state index is 12.0. The number of nitrogens with zero attached hydrogens (tertiary/aromatic N) is 3. The van der Waals surface area contributed by atoms with Crippen molar-refractivity contribution in [2.24, 2.45) is 5.73 Å². The van der Waals surface area contributed by atoms with Crippen LogP contribution in [0, 0.1) is 11.8 Å². The Hall–Kier alpha value is -3.24. The monoisotopic (exact) mass is 378 g/mol. The van der Waals surface area contributed by atoms with Gasteiger partial charge >= 0.3 is 0 Å². The molecule has 1 fully saturated rings. The summed E-state index contributed by atoms with van der Waals surface area (Å²) in [6, 6.07) is 8.70. The van der Waals surface area contributed by atoms with Crippen molar-refractivity contribution < 1.29 is 14.7 Å². The van der Waals surface area contributed by atoms with Gasteiger partial charge in [-0.05, 0) is 24.1 Å². The number of rotatable bonds is 3. The molecule has 0 radical (unpaired) electrons. The largest absolute Gasteiger partial charge is 0.369 e. The van der Waals surface area contributed by atoms with Crippen LogP contribution in [0.2, 0.25) is 0 Å². The van der Waals surface area contributed by atoms with Crippen molar-refractivity contribution in [3.05, 3.63) is 47.3 Å². The first-order valence-corrected chi connectivity index (χ1v) is 9.00. The van der Waals surface area contributed by atoms with Crippen LogP contribution in [0.25, 0.3) is 11.4 Å². The smallest absolute Gasteiger partial charge is 0.267 e. The maximum Gasteiger partial charge on any atom is 0.267 e. The number of likely N-dealkylation sites (tertiary alicyclic amines) is 1. The molecule has 7 nitrogen and oxygen atoms in total. The highest BCUT2D eigenvalue weighted by Crippen LogP contribution is 2.23. The van der Waals surface area contributed by atoms with E-state index in [4.69, 9.17) is 5.73 Å². The molecule has 2 heterocycles. The Bertz CT molecular complexity index is 1010. The number of benzene rings is 1. The summed E-state index contributed by atoms with van der Waals surface area (Å²) in [5.74, 6) is 5.02. The topological polar surface area (TPSA) is 109 Å². The van der Waals surface area contributed by atoms with Gasteiger partial charge in [-0.15, -0.1) is 0 Å².